The number of aromatic nitrogens is 1. The SMILES string of the molecule is CCOc1cc(CN2CCC(Nc3nc4cc(NC(=O)C5CCC5)ccc4o3)CC2)cc(OCC(C)(C)CO)c1. The average molecular weight is 551 g/mol. The molecule has 1 amide bonds. The first-order valence-electron chi connectivity index (χ1n) is 14.5. The topological polar surface area (TPSA) is 109 Å². The number of nitrogens with zero attached hydrogens (tertiary/aromatic N) is 2. The number of carbonyl (C=O) groups excluding carboxylic acids is 1. The van der Waals surface area contributed by atoms with E-state index >= 15 is 0 Å². The maximum atomic E-state index is 12.3. The van der Waals surface area contributed by atoms with Gasteiger partial charge < -0.3 is 29.6 Å². The van der Waals surface area contributed by atoms with Gasteiger partial charge in [-0.15, -0.1) is 0 Å². The van der Waals surface area contributed by atoms with Crippen LogP contribution >= 0.6 is 0 Å². The van der Waals surface area contributed by atoms with Gasteiger partial charge in [-0.3, -0.25) is 9.69 Å². The van der Waals surface area contributed by atoms with E-state index in [-0.39, 0.29) is 29.9 Å². The molecule has 0 bridgehead atoms. The first-order valence-corrected chi connectivity index (χ1v) is 14.5. The Balaban J connectivity index is 1.14. The maximum absolute atomic E-state index is 12.3. The van der Waals surface area contributed by atoms with E-state index in [1.54, 1.807) is 0 Å². The van der Waals surface area contributed by atoms with Crippen molar-refractivity contribution >= 4 is 28.7 Å². The van der Waals surface area contributed by atoms with Gasteiger partial charge in [-0.2, -0.15) is 4.98 Å². The maximum Gasteiger partial charge on any atom is 0.295 e. The zero-order chi connectivity index (χ0) is 28.1. The first-order chi connectivity index (χ1) is 19.3. The van der Waals surface area contributed by atoms with E-state index in [1.807, 2.05) is 45.0 Å². The van der Waals surface area contributed by atoms with Crippen LogP contribution in [0.4, 0.5) is 11.7 Å². The van der Waals surface area contributed by atoms with E-state index in [0.29, 0.717) is 24.8 Å². The number of aliphatic hydroxyl groups excluding tert-OH is 1. The third-order valence-corrected chi connectivity index (χ3v) is 7.76. The molecule has 9 heteroatoms. The minimum Gasteiger partial charge on any atom is -0.494 e. The largest absolute Gasteiger partial charge is 0.494 e. The monoisotopic (exact) mass is 550 g/mol. The Hall–Kier alpha value is -3.30. The molecule has 216 valence electrons. The number of ether oxygens (including phenoxy) is 2. The van der Waals surface area contributed by atoms with E-state index in [2.05, 4.69) is 32.7 Å². The van der Waals surface area contributed by atoms with Crippen LogP contribution in [-0.4, -0.2) is 59.8 Å². The fraction of sp³-hybridized carbons (Fsp3) is 0.548. The summed E-state index contributed by atoms with van der Waals surface area (Å²) >= 11 is 0. The molecule has 1 saturated heterocycles. The molecule has 2 fully saturated rings. The number of amides is 1. The molecule has 3 aromatic rings. The van der Waals surface area contributed by atoms with Gasteiger partial charge in [0.15, 0.2) is 5.58 Å². The van der Waals surface area contributed by atoms with Gasteiger partial charge in [-0.25, -0.2) is 0 Å². The molecule has 2 aromatic carbocycles. The summed E-state index contributed by atoms with van der Waals surface area (Å²) in [5.41, 5.74) is 3.04. The Labute approximate surface area is 236 Å². The van der Waals surface area contributed by atoms with Gasteiger partial charge in [-0.1, -0.05) is 20.3 Å². The number of carbonyl (C=O) groups is 1. The molecular weight excluding hydrogens is 508 g/mol. The summed E-state index contributed by atoms with van der Waals surface area (Å²) in [5.74, 6) is 1.80. The van der Waals surface area contributed by atoms with E-state index in [4.69, 9.17) is 13.9 Å². The highest BCUT2D eigenvalue weighted by molar-refractivity contribution is 5.94. The molecule has 40 heavy (non-hydrogen) atoms. The van der Waals surface area contributed by atoms with Crippen LogP contribution in [-0.2, 0) is 11.3 Å². The number of anilines is 2. The molecular formula is C31H42N4O5. The smallest absolute Gasteiger partial charge is 0.295 e. The van der Waals surface area contributed by atoms with Crippen molar-refractivity contribution in [1.29, 1.82) is 0 Å². The lowest BCUT2D eigenvalue weighted by molar-refractivity contribution is -0.122. The highest BCUT2D eigenvalue weighted by atomic mass is 16.5. The Morgan fingerprint density at radius 3 is 2.52 bits per heavy atom. The van der Waals surface area contributed by atoms with Crippen LogP contribution in [0.5, 0.6) is 11.5 Å². The predicted molar refractivity (Wildman–Crippen MR) is 156 cm³/mol. The highest BCUT2D eigenvalue weighted by Gasteiger charge is 2.26. The molecule has 0 atom stereocenters. The number of oxazole rings is 1. The van der Waals surface area contributed by atoms with Crippen LogP contribution in [0.1, 0.15) is 58.4 Å². The zero-order valence-electron chi connectivity index (χ0n) is 23.9. The standard InChI is InChI=1S/C31H42N4O5/c1-4-38-25-14-21(15-26(17-25)39-20-31(2,3)19-36)18-35-12-10-23(11-13-35)33-30-34-27-16-24(8-9-28(27)40-30)32-29(37)22-6-5-7-22/h8-9,14-17,22-23,36H,4-7,10-13,18-20H2,1-3H3,(H,32,37)(H,33,34). The van der Waals surface area contributed by atoms with E-state index in [0.717, 1.165) is 80.0 Å². The molecule has 1 aliphatic carbocycles. The van der Waals surface area contributed by atoms with Crippen molar-refractivity contribution in [2.45, 2.75) is 65.5 Å². The third-order valence-electron chi connectivity index (χ3n) is 7.76. The van der Waals surface area contributed by atoms with E-state index < -0.39 is 0 Å². The molecule has 5 rings (SSSR count). The lowest BCUT2D eigenvalue weighted by Gasteiger charge is -2.32. The minimum atomic E-state index is -0.306. The zero-order valence-corrected chi connectivity index (χ0v) is 23.9. The molecule has 1 saturated carbocycles. The first kappa shape index (κ1) is 28.2. The van der Waals surface area contributed by atoms with Gasteiger partial charge in [0.1, 0.15) is 17.0 Å². The normalized spacial score (nSPS) is 17.0. The van der Waals surface area contributed by atoms with Crippen molar-refractivity contribution in [2.75, 3.05) is 43.5 Å². The number of hydrogen-bond acceptors (Lipinski definition) is 8. The summed E-state index contributed by atoms with van der Waals surface area (Å²) < 4.78 is 17.8. The fourth-order valence-corrected chi connectivity index (χ4v) is 5.03. The van der Waals surface area contributed by atoms with Crippen molar-refractivity contribution in [1.82, 2.24) is 9.88 Å². The predicted octanol–water partition coefficient (Wildman–Crippen LogP) is 5.44. The number of likely N-dealkylation sites (tertiary alicyclic amines) is 1. The number of benzene rings is 2. The summed E-state index contributed by atoms with van der Waals surface area (Å²) in [7, 11) is 0. The minimum absolute atomic E-state index is 0.0666. The highest BCUT2D eigenvalue weighted by Crippen LogP contribution is 2.30. The van der Waals surface area contributed by atoms with Crippen molar-refractivity contribution in [3.8, 4) is 11.5 Å². The fourth-order valence-electron chi connectivity index (χ4n) is 5.03. The molecule has 1 aliphatic heterocycles. The number of rotatable bonds is 12. The molecule has 1 aromatic heterocycles. The molecule has 2 aliphatic rings. The molecule has 9 nitrogen and oxygen atoms in total. The Morgan fingerprint density at radius 1 is 1.10 bits per heavy atom. The van der Waals surface area contributed by atoms with Gasteiger partial charge >= 0.3 is 0 Å². The van der Waals surface area contributed by atoms with Gasteiger partial charge in [0.2, 0.25) is 5.91 Å². The number of nitrogens with one attached hydrogen (secondary N) is 2. The van der Waals surface area contributed by atoms with Crippen molar-refractivity contribution in [3.05, 3.63) is 42.0 Å². The van der Waals surface area contributed by atoms with Gasteiger partial charge in [0.05, 0.1) is 19.8 Å². The van der Waals surface area contributed by atoms with Crippen LogP contribution in [0.15, 0.2) is 40.8 Å². The van der Waals surface area contributed by atoms with Gasteiger partial charge in [0, 0.05) is 48.8 Å². The lowest BCUT2D eigenvalue weighted by Crippen LogP contribution is -2.38. The van der Waals surface area contributed by atoms with Gasteiger partial charge in [-0.05, 0) is 68.5 Å². The third kappa shape index (κ3) is 7.26. The molecule has 3 N–H and O–H groups in total. The second kappa shape index (κ2) is 12.5. The quantitative estimate of drug-likeness (QED) is 0.274. The number of aliphatic hydroxyl groups is 1. The summed E-state index contributed by atoms with van der Waals surface area (Å²) in [5, 5.41) is 16.0. The van der Waals surface area contributed by atoms with Crippen LogP contribution < -0.4 is 20.1 Å². The number of piperidine rings is 1. The van der Waals surface area contributed by atoms with E-state index in [9.17, 15) is 9.90 Å². The van der Waals surface area contributed by atoms with Crippen molar-refractivity contribution in [3.63, 3.8) is 0 Å². The Kier molecular flexibility index (Phi) is 8.81. The summed E-state index contributed by atoms with van der Waals surface area (Å²) in [4.78, 5) is 19.4. The average Bonchev–Trinajstić information content (AvgIpc) is 3.29. The van der Waals surface area contributed by atoms with Crippen LogP contribution in [0, 0.1) is 11.3 Å². The van der Waals surface area contributed by atoms with Crippen LogP contribution in [0.2, 0.25) is 0 Å². The Bertz CT molecular complexity index is 1290. The van der Waals surface area contributed by atoms with Crippen molar-refractivity contribution < 1.29 is 23.8 Å². The molecule has 0 unspecified atom stereocenters. The summed E-state index contributed by atoms with van der Waals surface area (Å²) in [6, 6.07) is 12.5. The van der Waals surface area contributed by atoms with E-state index in [1.165, 1.54) is 0 Å². The molecule has 0 spiro atoms. The second-order valence-electron chi connectivity index (χ2n) is 11.9. The number of hydrogen-bond donors (Lipinski definition) is 3. The molecule has 2 heterocycles. The lowest BCUT2D eigenvalue weighted by atomic mass is 9.85. The van der Waals surface area contributed by atoms with Crippen molar-refractivity contribution in [2.24, 2.45) is 11.3 Å². The summed E-state index contributed by atoms with van der Waals surface area (Å²) in [6.07, 6.45) is 5.03. The second-order valence-corrected chi connectivity index (χ2v) is 11.9. The summed E-state index contributed by atoms with van der Waals surface area (Å²) in [6.45, 7) is 9.73. The van der Waals surface area contributed by atoms with Gasteiger partial charge in [0.25, 0.3) is 6.01 Å². The number of fused-ring (bicyclic) bond motifs is 1. The van der Waals surface area contributed by atoms with Crippen LogP contribution in [0.3, 0.4) is 0 Å². The van der Waals surface area contributed by atoms with Crippen LogP contribution in [0.25, 0.3) is 11.1 Å². The Morgan fingerprint density at radius 2 is 1.85 bits per heavy atom. The molecule has 0 radical (unpaired) electrons.